The first kappa shape index (κ1) is 61.7. The maximum Gasteiger partial charge on any atom is 0.342 e. The minimum absolute atomic E-state index is 0.0208. The van der Waals surface area contributed by atoms with Gasteiger partial charge in [-0.15, -0.1) is 0 Å². The molecule has 1 aliphatic rings. The van der Waals surface area contributed by atoms with E-state index in [2.05, 4.69) is 167 Å². The number of rotatable bonds is 27. The van der Waals surface area contributed by atoms with Crippen LogP contribution in [0.5, 0.6) is 11.5 Å². The van der Waals surface area contributed by atoms with Gasteiger partial charge in [0.15, 0.2) is 20.9 Å². The topological polar surface area (TPSA) is 100 Å². The molecule has 412 valence electrons. The van der Waals surface area contributed by atoms with E-state index in [1.807, 2.05) is 56.3 Å². The minimum atomic E-state index is -2.82. The van der Waals surface area contributed by atoms with Gasteiger partial charge in [-0.3, -0.25) is 0 Å². The first-order chi connectivity index (χ1) is 35.2. The summed E-state index contributed by atoms with van der Waals surface area (Å²) in [5, 5.41) is 2.27. The fraction of sp³-hybridized carbons (Fsp3) is 0.532. The standard InChI is InChI=1S/C62H92O10Si3/c1-46(47(2)71-75(61(6,7)8,51-27-20-18-21-28-51)52-29-22-19-23-30-52)33-39-56(72-74(16,17)60(3,4)5)58-55(69-62(9,10)70-58)32-24-31-53-49(26-25-41-66-44-48-34-37-50(65-12)38-35-48)36-40-54(68-45-64-11)57(53)59(63)67-42-43-73(13,14)15/h18-24,27-31,33-40,46-47,55-56,58H,25-26,32,41-45H2,1-17H3/t46-,47+,55+,56?,58+/m1/s1. The Morgan fingerprint density at radius 3 is 1.95 bits per heavy atom. The predicted molar refractivity (Wildman–Crippen MR) is 314 cm³/mol. The molecule has 10 nitrogen and oxygen atoms in total. The first-order valence-corrected chi connectivity index (χ1v) is 35.6. The summed E-state index contributed by atoms with van der Waals surface area (Å²) in [4.78, 5) is 14.3. The van der Waals surface area contributed by atoms with Crippen LogP contribution in [0.1, 0.15) is 109 Å². The molecule has 0 aliphatic carbocycles. The van der Waals surface area contributed by atoms with Crippen LogP contribution < -0.4 is 19.8 Å². The van der Waals surface area contributed by atoms with E-state index in [1.165, 1.54) is 10.4 Å². The molecule has 0 radical (unpaired) electrons. The van der Waals surface area contributed by atoms with Gasteiger partial charge in [0, 0.05) is 27.9 Å². The third-order valence-electron chi connectivity index (χ3n) is 14.6. The van der Waals surface area contributed by atoms with Crippen LogP contribution in [0.4, 0.5) is 0 Å². The van der Waals surface area contributed by atoms with Crippen LogP contribution in [0.25, 0.3) is 6.08 Å². The van der Waals surface area contributed by atoms with Crippen molar-refractivity contribution in [1.29, 1.82) is 0 Å². The lowest BCUT2D eigenvalue weighted by atomic mass is 9.95. The third kappa shape index (κ3) is 17.2. The lowest BCUT2D eigenvalue weighted by molar-refractivity contribution is -0.151. The van der Waals surface area contributed by atoms with Gasteiger partial charge < -0.3 is 42.0 Å². The van der Waals surface area contributed by atoms with Crippen molar-refractivity contribution in [3.63, 3.8) is 0 Å². The Balaban J connectivity index is 1.49. The van der Waals surface area contributed by atoms with Crippen molar-refractivity contribution in [2.24, 2.45) is 5.92 Å². The van der Waals surface area contributed by atoms with Crippen molar-refractivity contribution in [2.75, 3.05) is 34.2 Å². The van der Waals surface area contributed by atoms with E-state index in [0.717, 1.165) is 34.9 Å². The van der Waals surface area contributed by atoms with E-state index in [-0.39, 0.29) is 35.0 Å². The summed E-state index contributed by atoms with van der Waals surface area (Å²) in [6, 6.07) is 34.3. The Hall–Kier alpha value is -4.16. The molecule has 13 heteroatoms. The summed E-state index contributed by atoms with van der Waals surface area (Å²) < 4.78 is 57.6. The maximum atomic E-state index is 14.3. The highest BCUT2D eigenvalue weighted by molar-refractivity contribution is 6.99. The number of esters is 1. The van der Waals surface area contributed by atoms with E-state index in [9.17, 15) is 4.79 Å². The van der Waals surface area contributed by atoms with Crippen molar-refractivity contribution in [1.82, 2.24) is 0 Å². The third-order valence-corrected chi connectivity index (χ3v) is 25.9. The van der Waals surface area contributed by atoms with E-state index in [0.29, 0.717) is 44.0 Å². The maximum absolute atomic E-state index is 14.3. The van der Waals surface area contributed by atoms with E-state index in [1.54, 1.807) is 14.2 Å². The fourth-order valence-electron chi connectivity index (χ4n) is 9.20. The molecule has 4 aromatic rings. The van der Waals surface area contributed by atoms with Gasteiger partial charge in [-0.25, -0.2) is 4.79 Å². The van der Waals surface area contributed by atoms with Crippen LogP contribution in [0.15, 0.2) is 115 Å². The highest BCUT2D eigenvalue weighted by Crippen LogP contribution is 2.42. The SMILES string of the molecule is COCOc1ccc(CCCOCc2ccc(OC)cc2)c(C=CC[C@@H]2OC(C)(C)O[C@@H]2C(C=C[C@@H](C)[C@H](C)O[Si](c2ccccc2)(c2ccccc2)C(C)(C)C)O[Si](C)(C)C(C)(C)C)c1C(=O)OCC[Si](C)(C)C. The average molecular weight is 1080 g/mol. The molecule has 1 saturated heterocycles. The molecular weight excluding hydrogens is 989 g/mol. The fourth-order valence-corrected chi connectivity index (χ4v) is 15.9. The van der Waals surface area contributed by atoms with Gasteiger partial charge in [-0.05, 0) is 120 Å². The van der Waals surface area contributed by atoms with Crippen LogP contribution in [0.3, 0.4) is 0 Å². The molecule has 0 bridgehead atoms. The van der Waals surface area contributed by atoms with E-state index < -0.39 is 48.7 Å². The van der Waals surface area contributed by atoms with Gasteiger partial charge in [0.05, 0.1) is 32.5 Å². The number of hydrogen-bond acceptors (Lipinski definition) is 10. The predicted octanol–water partition coefficient (Wildman–Crippen LogP) is 13.8. The van der Waals surface area contributed by atoms with Crippen LogP contribution >= 0.6 is 0 Å². The molecule has 1 aliphatic heterocycles. The molecule has 5 rings (SSSR count). The summed E-state index contributed by atoms with van der Waals surface area (Å²) in [7, 11) is -3.46. The summed E-state index contributed by atoms with van der Waals surface area (Å²) in [6.07, 6.45) is 9.08. The van der Waals surface area contributed by atoms with Crippen LogP contribution in [0, 0.1) is 5.92 Å². The van der Waals surface area contributed by atoms with Gasteiger partial charge in [0.25, 0.3) is 8.32 Å². The van der Waals surface area contributed by atoms with Crippen molar-refractivity contribution >= 4 is 47.1 Å². The number of carbonyl (C=O) groups excluding carboxylic acids is 1. The Morgan fingerprint density at radius 1 is 0.760 bits per heavy atom. The number of carbonyl (C=O) groups is 1. The Labute approximate surface area is 455 Å². The second-order valence-electron chi connectivity index (χ2n) is 24.4. The second kappa shape index (κ2) is 26.9. The monoisotopic (exact) mass is 1080 g/mol. The van der Waals surface area contributed by atoms with Crippen LogP contribution in [-0.4, -0.2) is 95.1 Å². The summed E-state index contributed by atoms with van der Waals surface area (Å²) >= 11 is 0. The lowest BCUT2D eigenvalue weighted by Crippen LogP contribution is -2.67. The molecular formula is C62H92O10Si3. The summed E-state index contributed by atoms with van der Waals surface area (Å²) in [6.45, 7) is 34.9. The summed E-state index contributed by atoms with van der Waals surface area (Å²) in [5.74, 6) is -0.0697. The van der Waals surface area contributed by atoms with Crippen LogP contribution in [-0.2, 0) is 45.6 Å². The zero-order valence-corrected chi connectivity index (χ0v) is 51.7. The largest absolute Gasteiger partial charge is 0.497 e. The zero-order chi connectivity index (χ0) is 55.2. The molecule has 0 N–H and O–H groups in total. The minimum Gasteiger partial charge on any atom is -0.497 e. The normalized spacial score (nSPS) is 17.8. The van der Waals surface area contributed by atoms with Gasteiger partial charge in [0.1, 0.15) is 23.2 Å². The van der Waals surface area contributed by atoms with Gasteiger partial charge >= 0.3 is 5.97 Å². The molecule has 1 heterocycles. The average Bonchev–Trinajstić information content (AvgIpc) is 3.66. The molecule has 1 unspecified atom stereocenters. The van der Waals surface area contributed by atoms with Gasteiger partial charge in [0.2, 0.25) is 0 Å². The quantitative estimate of drug-likeness (QED) is 0.0189. The van der Waals surface area contributed by atoms with E-state index in [4.69, 9.17) is 42.0 Å². The number of methoxy groups -OCH3 is 2. The molecule has 5 atom stereocenters. The molecule has 0 aromatic heterocycles. The molecule has 75 heavy (non-hydrogen) atoms. The molecule has 0 saturated carbocycles. The molecule has 4 aromatic carbocycles. The van der Waals surface area contributed by atoms with Gasteiger partial charge in [-0.2, -0.15) is 0 Å². The van der Waals surface area contributed by atoms with Crippen LogP contribution in [0.2, 0.25) is 48.9 Å². The van der Waals surface area contributed by atoms with Crippen molar-refractivity contribution in [3.8, 4) is 11.5 Å². The molecule has 0 amide bonds. The summed E-state index contributed by atoms with van der Waals surface area (Å²) in [5.41, 5.74) is 3.16. The van der Waals surface area contributed by atoms with E-state index >= 15 is 0 Å². The number of aryl methyl sites for hydroxylation is 1. The Morgan fingerprint density at radius 2 is 1.39 bits per heavy atom. The smallest absolute Gasteiger partial charge is 0.342 e. The Bertz CT molecular complexity index is 2400. The number of benzene rings is 4. The van der Waals surface area contributed by atoms with Crippen molar-refractivity contribution in [3.05, 3.63) is 138 Å². The zero-order valence-electron chi connectivity index (χ0n) is 48.7. The number of ether oxygens (including phenoxy) is 7. The molecule has 0 spiro atoms. The van der Waals surface area contributed by atoms with Crippen molar-refractivity contribution < 1.29 is 46.8 Å². The first-order valence-electron chi connectivity index (χ1n) is 27.0. The highest BCUT2D eigenvalue weighted by atomic mass is 28.4. The lowest BCUT2D eigenvalue weighted by Gasteiger charge is -2.45. The number of hydrogen-bond donors (Lipinski definition) is 0. The second-order valence-corrected chi connectivity index (χ2v) is 39.0. The highest BCUT2D eigenvalue weighted by Gasteiger charge is 2.52. The van der Waals surface area contributed by atoms with Crippen molar-refractivity contribution in [2.45, 2.75) is 174 Å². The van der Waals surface area contributed by atoms with Gasteiger partial charge in [-0.1, -0.05) is 171 Å². The Kier molecular flexibility index (Phi) is 22.2. The molecule has 1 fully saturated rings.